The lowest BCUT2D eigenvalue weighted by Gasteiger charge is -2.11. The summed E-state index contributed by atoms with van der Waals surface area (Å²) in [5.41, 5.74) is 1.81. The van der Waals surface area contributed by atoms with E-state index in [0.717, 1.165) is 0 Å². The SMILES string of the molecule is O=C(Nc1ccccc1)Nc1ccc(S(=O)(=O)NC(=O)NCCCCNC(=O)NS(=O)(=O)c2ccc(NC(=O)Nc3ccccc3)cc2)cc1. The molecule has 4 aromatic carbocycles. The quantitative estimate of drug-likeness (QED) is 0.0918. The van der Waals surface area contributed by atoms with Gasteiger partial charge in [-0.15, -0.1) is 0 Å². The normalized spacial score (nSPS) is 11.0. The fraction of sp³-hybridized carbons (Fsp3) is 0.125. The van der Waals surface area contributed by atoms with Crippen molar-refractivity contribution in [2.24, 2.45) is 0 Å². The van der Waals surface area contributed by atoms with Crippen molar-refractivity contribution in [3.63, 3.8) is 0 Å². The molecule has 0 heterocycles. The van der Waals surface area contributed by atoms with Gasteiger partial charge in [0.25, 0.3) is 20.0 Å². The maximum Gasteiger partial charge on any atom is 0.328 e. The number of nitrogens with one attached hydrogen (secondary N) is 8. The molecule has 0 fully saturated rings. The number of benzene rings is 4. The molecule has 0 spiro atoms. The Balaban J connectivity index is 1.11. The molecule has 50 heavy (non-hydrogen) atoms. The highest BCUT2D eigenvalue weighted by Gasteiger charge is 2.19. The van der Waals surface area contributed by atoms with E-state index < -0.39 is 44.2 Å². The average molecular weight is 723 g/mol. The summed E-state index contributed by atoms with van der Waals surface area (Å²) in [5, 5.41) is 15.2. The van der Waals surface area contributed by atoms with Crippen LogP contribution in [0, 0.1) is 0 Å². The molecular formula is C32H34N8O8S2. The van der Waals surface area contributed by atoms with Gasteiger partial charge in [-0.2, -0.15) is 0 Å². The van der Waals surface area contributed by atoms with Gasteiger partial charge < -0.3 is 31.9 Å². The van der Waals surface area contributed by atoms with E-state index in [1.54, 1.807) is 60.7 Å². The van der Waals surface area contributed by atoms with Crippen molar-refractivity contribution < 1.29 is 36.0 Å². The lowest BCUT2D eigenvalue weighted by molar-refractivity contribution is 0.243. The predicted octanol–water partition coefficient (Wildman–Crippen LogP) is 4.43. The lowest BCUT2D eigenvalue weighted by atomic mass is 10.3. The van der Waals surface area contributed by atoms with Gasteiger partial charge in [0.15, 0.2) is 0 Å². The van der Waals surface area contributed by atoms with E-state index in [1.165, 1.54) is 48.5 Å². The number of sulfonamides is 2. The van der Waals surface area contributed by atoms with Crippen LogP contribution in [0.25, 0.3) is 0 Å². The van der Waals surface area contributed by atoms with Crippen LogP contribution >= 0.6 is 0 Å². The summed E-state index contributed by atoms with van der Waals surface area (Å²) >= 11 is 0. The molecule has 0 aromatic heterocycles. The molecule has 0 radical (unpaired) electrons. The minimum atomic E-state index is -4.21. The second-order valence-electron chi connectivity index (χ2n) is 10.4. The van der Waals surface area contributed by atoms with Crippen LogP contribution in [0.4, 0.5) is 41.9 Å². The minimum Gasteiger partial charge on any atom is -0.337 e. The van der Waals surface area contributed by atoms with Crippen LogP contribution in [-0.4, -0.2) is 54.0 Å². The number of carbonyl (C=O) groups excluding carboxylic acids is 4. The Morgan fingerprint density at radius 2 is 0.700 bits per heavy atom. The topological polar surface area (TPSA) is 233 Å². The van der Waals surface area contributed by atoms with E-state index in [9.17, 15) is 36.0 Å². The first-order valence-electron chi connectivity index (χ1n) is 15.0. The molecule has 0 bridgehead atoms. The van der Waals surface area contributed by atoms with Crippen LogP contribution in [0.15, 0.2) is 119 Å². The second kappa shape index (κ2) is 17.3. The number of urea groups is 4. The number of unbranched alkanes of at least 4 members (excludes halogenated alkanes) is 1. The van der Waals surface area contributed by atoms with Crippen molar-refractivity contribution in [1.82, 2.24) is 20.1 Å². The number of amides is 8. The Morgan fingerprint density at radius 3 is 1.02 bits per heavy atom. The first kappa shape index (κ1) is 36.7. The van der Waals surface area contributed by atoms with Gasteiger partial charge in [0.2, 0.25) is 0 Å². The second-order valence-corrected chi connectivity index (χ2v) is 13.7. The maximum atomic E-state index is 12.6. The summed E-state index contributed by atoms with van der Waals surface area (Å²) in [5.74, 6) is 0. The maximum absolute atomic E-state index is 12.6. The summed E-state index contributed by atoms with van der Waals surface area (Å²) in [7, 11) is -8.41. The van der Waals surface area contributed by atoms with Gasteiger partial charge in [-0.1, -0.05) is 36.4 Å². The van der Waals surface area contributed by atoms with E-state index in [-0.39, 0.29) is 22.9 Å². The number of anilines is 4. The fourth-order valence-electron chi connectivity index (χ4n) is 4.15. The highest BCUT2D eigenvalue weighted by molar-refractivity contribution is 7.90. The zero-order valence-corrected chi connectivity index (χ0v) is 27.9. The molecule has 0 unspecified atom stereocenters. The van der Waals surface area contributed by atoms with Crippen LogP contribution in [0.3, 0.4) is 0 Å². The van der Waals surface area contributed by atoms with Crippen molar-refractivity contribution in [3.8, 4) is 0 Å². The largest absolute Gasteiger partial charge is 0.337 e. The van der Waals surface area contributed by atoms with E-state index >= 15 is 0 Å². The third kappa shape index (κ3) is 11.8. The van der Waals surface area contributed by atoms with Gasteiger partial charge in [-0.3, -0.25) is 0 Å². The van der Waals surface area contributed by atoms with Crippen molar-refractivity contribution in [3.05, 3.63) is 109 Å². The number of hydrogen-bond acceptors (Lipinski definition) is 8. The van der Waals surface area contributed by atoms with Crippen molar-refractivity contribution in [2.45, 2.75) is 22.6 Å². The molecule has 8 amide bonds. The number of carbonyl (C=O) groups is 4. The molecule has 0 aliphatic heterocycles. The molecule has 8 N–H and O–H groups in total. The molecule has 262 valence electrons. The Morgan fingerprint density at radius 1 is 0.400 bits per heavy atom. The Bertz CT molecular complexity index is 1850. The number of para-hydroxylation sites is 2. The van der Waals surface area contributed by atoms with Gasteiger partial charge in [0.1, 0.15) is 0 Å². The standard InChI is InChI=1S/C32H34N8O8S2/c41-29(39-49(45,46)27-17-13-25(14-18-27)37-31(43)35-23-9-3-1-4-10-23)33-21-7-8-22-34-30(42)40-50(47,48)28-19-15-26(16-20-28)38-32(44)36-24-11-5-2-6-12-24/h1-6,9-20H,7-8,21-22H2,(H2,33,39,41)(H2,34,40,42)(H2,35,37,43)(H2,36,38,44). The van der Waals surface area contributed by atoms with E-state index in [1.807, 2.05) is 9.44 Å². The number of hydrogen-bond donors (Lipinski definition) is 8. The van der Waals surface area contributed by atoms with E-state index in [0.29, 0.717) is 35.6 Å². The lowest BCUT2D eigenvalue weighted by Crippen LogP contribution is -2.41. The summed E-state index contributed by atoms with van der Waals surface area (Å²) in [6.45, 7) is 0.123. The summed E-state index contributed by atoms with van der Waals surface area (Å²) in [6.07, 6.45) is 0.663. The summed E-state index contributed by atoms with van der Waals surface area (Å²) in [6, 6.07) is 24.9. The molecule has 4 aromatic rings. The fourth-order valence-corrected chi connectivity index (χ4v) is 6.01. The third-order valence-corrected chi connectivity index (χ3v) is 9.23. The van der Waals surface area contributed by atoms with E-state index in [2.05, 4.69) is 31.9 Å². The molecule has 0 saturated carbocycles. The van der Waals surface area contributed by atoms with Crippen molar-refractivity contribution in [2.75, 3.05) is 34.4 Å². The van der Waals surface area contributed by atoms with Crippen molar-refractivity contribution in [1.29, 1.82) is 0 Å². The molecule has 18 heteroatoms. The monoisotopic (exact) mass is 722 g/mol. The Kier molecular flexibility index (Phi) is 12.7. The van der Waals surface area contributed by atoms with Crippen LogP contribution in [0.5, 0.6) is 0 Å². The van der Waals surface area contributed by atoms with Gasteiger partial charge in [-0.25, -0.2) is 45.5 Å². The first-order chi connectivity index (χ1) is 23.9. The molecule has 4 rings (SSSR count). The molecule has 0 aliphatic rings. The van der Waals surface area contributed by atoms with Gasteiger partial charge in [-0.05, 0) is 85.6 Å². The summed E-state index contributed by atoms with van der Waals surface area (Å²) < 4.78 is 54.1. The van der Waals surface area contributed by atoms with Crippen LogP contribution < -0.4 is 41.3 Å². The Hall–Kier alpha value is -6.14. The molecule has 0 aliphatic carbocycles. The van der Waals surface area contributed by atoms with Gasteiger partial charge in [0, 0.05) is 35.8 Å². The highest BCUT2D eigenvalue weighted by atomic mass is 32.2. The zero-order chi connectivity index (χ0) is 36.0. The molecule has 16 nitrogen and oxygen atoms in total. The highest BCUT2D eigenvalue weighted by Crippen LogP contribution is 2.16. The predicted molar refractivity (Wildman–Crippen MR) is 188 cm³/mol. The third-order valence-electron chi connectivity index (χ3n) is 6.54. The molecule has 0 saturated heterocycles. The van der Waals surface area contributed by atoms with Crippen LogP contribution in [0.1, 0.15) is 12.8 Å². The van der Waals surface area contributed by atoms with Crippen LogP contribution in [-0.2, 0) is 20.0 Å². The van der Waals surface area contributed by atoms with Crippen molar-refractivity contribution >= 4 is 66.9 Å². The van der Waals surface area contributed by atoms with E-state index in [4.69, 9.17) is 0 Å². The van der Waals surface area contributed by atoms with Crippen LogP contribution in [0.2, 0.25) is 0 Å². The van der Waals surface area contributed by atoms with Gasteiger partial charge >= 0.3 is 24.1 Å². The Labute approximate surface area is 288 Å². The smallest absolute Gasteiger partial charge is 0.328 e. The zero-order valence-electron chi connectivity index (χ0n) is 26.3. The minimum absolute atomic E-state index is 0.0616. The average Bonchev–Trinajstić information content (AvgIpc) is 3.07. The van der Waals surface area contributed by atoms with Gasteiger partial charge in [0.05, 0.1) is 9.79 Å². The summed E-state index contributed by atoms with van der Waals surface area (Å²) in [4.78, 5) is 48.2. The molecule has 0 atom stereocenters. The first-order valence-corrected chi connectivity index (χ1v) is 17.9. The number of rotatable bonds is 13. The molecular weight excluding hydrogens is 689 g/mol.